The van der Waals surface area contributed by atoms with Gasteiger partial charge in [-0.25, -0.2) is 0 Å². The SMILES string of the molecule is O=c1c(=Cc2c(Cl)cccc2Cl)sc2nc(-c3ccccc3Br)nn12. The Morgan fingerprint density at radius 3 is 2.48 bits per heavy atom. The molecular weight excluding hydrogens is 445 g/mol. The largest absolute Gasteiger partial charge is 0.291 e. The predicted molar refractivity (Wildman–Crippen MR) is 106 cm³/mol. The zero-order valence-electron chi connectivity index (χ0n) is 12.4. The number of hydrogen-bond acceptors (Lipinski definition) is 4. The van der Waals surface area contributed by atoms with Crippen LogP contribution in [0.25, 0.3) is 22.4 Å². The Morgan fingerprint density at radius 2 is 1.80 bits per heavy atom. The van der Waals surface area contributed by atoms with Crippen molar-refractivity contribution >= 4 is 61.5 Å². The van der Waals surface area contributed by atoms with Crippen molar-refractivity contribution in [3.05, 3.63) is 77.4 Å². The minimum absolute atomic E-state index is 0.248. The third-order valence-corrected chi connectivity index (χ3v) is 5.88. The number of aromatic nitrogens is 3. The van der Waals surface area contributed by atoms with Crippen LogP contribution in [0.4, 0.5) is 0 Å². The highest BCUT2D eigenvalue weighted by atomic mass is 79.9. The van der Waals surface area contributed by atoms with Gasteiger partial charge in [-0.05, 0) is 30.3 Å². The lowest BCUT2D eigenvalue weighted by Gasteiger charge is -1.99. The Balaban J connectivity index is 1.88. The minimum atomic E-state index is -0.248. The highest BCUT2D eigenvalue weighted by molar-refractivity contribution is 9.10. The predicted octanol–water partition coefficient (Wildman–Crippen LogP) is 4.44. The first-order valence-corrected chi connectivity index (χ1v) is 9.51. The number of nitrogens with zero attached hydrogens (tertiary/aromatic N) is 3. The van der Waals surface area contributed by atoms with Crippen LogP contribution in [-0.4, -0.2) is 14.6 Å². The second-order valence-electron chi connectivity index (χ2n) is 5.16. The molecule has 0 saturated heterocycles. The van der Waals surface area contributed by atoms with Crippen LogP contribution in [0.2, 0.25) is 10.0 Å². The summed E-state index contributed by atoms with van der Waals surface area (Å²) in [5, 5.41) is 5.31. The highest BCUT2D eigenvalue weighted by Gasteiger charge is 2.14. The molecule has 4 rings (SSSR count). The molecule has 2 aromatic carbocycles. The van der Waals surface area contributed by atoms with Crippen LogP contribution in [0.3, 0.4) is 0 Å². The number of fused-ring (bicyclic) bond motifs is 1. The third kappa shape index (κ3) is 3.00. The normalized spacial score (nSPS) is 12.2. The Bertz CT molecular complexity index is 1200. The fourth-order valence-corrected chi connectivity index (χ4v) is 4.23. The van der Waals surface area contributed by atoms with Gasteiger partial charge in [-0.2, -0.15) is 9.50 Å². The van der Waals surface area contributed by atoms with E-state index in [9.17, 15) is 4.79 Å². The first-order valence-electron chi connectivity index (χ1n) is 7.15. The van der Waals surface area contributed by atoms with E-state index in [0.29, 0.717) is 30.9 Å². The van der Waals surface area contributed by atoms with E-state index >= 15 is 0 Å². The molecule has 8 heteroatoms. The summed E-state index contributed by atoms with van der Waals surface area (Å²) in [5.74, 6) is 0.498. The Hall–Kier alpha value is -1.73. The monoisotopic (exact) mass is 451 g/mol. The van der Waals surface area contributed by atoms with Crippen molar-refractivity contribution in [3.63, 3.8) is 0 Å². The molecule has 0 aliphatic carbocycles. The first-order chi connectivity index (χ1) is 12.0. The van der Waals surface area contributed by atoms with Gasteiger partial charge in [0.1, 0.15) is 0 Å². The number of hydrogen-bond donors (Lipinski definition) is 0. The molecule has 0 amide bonds. The van der Waals surface area contributed by atoms with E-state index in [0.717, 1.165) is 10.0 Å². The van der Waals surface area contributed by atoms with Gasteiger partial charge in [0, 0.05) is 25.6 Å². The summed E-state index contributed by atoms with van der Waals surface area (Å²) in [6.45, 7) is 0. The summed E-state index contributed by atoms with van der Waals surface area (Å²) >= 11 is 17.1. The van der Waals surface area contributed by atoms with Gasteiger partial charge in [-0.15, -0.1) is 5.10 Å². The van der Waals surface area contributed by atoms with Gasteiger partial charge >= 0.3 is 0 Å². The lowest BCUT2D eigenvalue weighted by Crippen LogP contribution is -2.23. The van der Waals surface area contributed by atoms with Crippen LogP contribution in [0.5, 0.6) is 0 Å². The zero-order chi connectivity index (χ0) is 17.6. The van der Waals surface area contributed by atoms with Gasteiger partial charge < -0.3 is 0 Å². The first kappa shape index (κ1) is 16.7. The maximum Gasteiger partial charge on any atom is 0.291 e. The molecule has 124 valence electrons. The van der Waals surface area contributed by atoms with Crippen molar-refractivity contribution in [2.75, 3.05) is 0 Å². The zero-order valence-corrected chi connectivity index (χ0v) is 16.3. The highest BCUT2D eigenvalue weighted by Crippen LogP contribution is 2.26. The number of rotatable bonds is 2. The van der Waals surface area contributed by atoms with Crippen LogP contribution in [0.15, 0.2) is 51.7 Å². The van der Waals surface area contributed by atoms with Gasteiger partial charge in [-0.3, -0.25) is 4.79 Å². The Labute approximate surface area is 164 Å². The molecule has 0 unspecified atom stereocenters. The van der Waals surface area contributed by atoms with Crippen molar-refractivity contribution < 1.29 is 0 Å². The molecule has 0 saturated carbocycles. The molecule has 0 atom stereocenters. The fourth-order valence-electron chi connectivity index (χ4n) is 2.37. The molecule has 25 heavy (non-hydrogen) atoms. The second-order valence-corrected chi connectivity index (χ2v) is 7.84. The molecule has 0 bridgehead atoms. The van der Waals surface area contributed by atoms with Gasteiger partial charge in [0.25, 0.3) is 5.56 Å². The van der Waals surface area contributed by atoms with Crippen molar-refractivity contribution in [2.24, 2.45) is 0 Å². The van der Waals surface area contributed by atoms with Crippen molar-refractivity contribution in [1.82, 2.24) is 14.6 Å². The average molecular weight is 453 g/mol. The lowest BCUT2D eigenvalue weighted by atomic mass is 10.2. The Morgan fingerprint density at radius 1 is 1.08 bits per heavy atom. The van der Waals surface area contributed by atoms with E-state index in [-0.39, 0.29) is 5.56 Å². The summed E-state index contributed by atoms with van der Waals surface area (Å²) in [6, 6.07) is 12.8. The van der Waals surface area contributed by atoms with E-state index < -0.39 is 0 Å². The molecule has 2 heterocycles. The van der Waals surface area contributed by atoms with Gasteiger partial charge in [-0.1, -0.05) is 68.7 Å². The molecule has 0 aliphatic heterocycles. The average Bonchev–Trinajstić information content (AvgIpc) is 3.11. The van der Waals surface area contributed by atoms with E-state index in [1.165, 1.54) is 15.9 Å². The van der Waals surface area contributed by atoms with E-state index in [2.05, 4.69) is 26.0 Å². The van der Waals surface area contributed by atoms with Crippen molar-refractivity contribution in [2.45, 2.75) is 0 Å². The van der Waals surface area contributed by atoms with E-state index in [1.54, 1.807) is 24.3 Å². The number of halogens is 3. The van der Waals surface area contributed by atoms with Crippen molar-refractivity contribution in [3.8, 4) is 11.4 Å². The fraction of sp³-hybridized carbons (Fsp3) is 0. The molecule has 0 radical (unpaired) electrons. The van der Waals surface area contributed by atoms with E-state index in [4.69, 9.17) is 23.2 Å². The molecule has 4 aromatic rings. The maximum absolute atomic E-state index is 12.6. The van der Waals surface area contributed by atoms with Crippen LogP contribution >= 0.6 is 50.5 Å². The summed E-state index contributed by atoms with van der Waals surface area (Å²) < 4.78 is 2.65. The number of thiazole rings is 1. The van der Waals surface area contributed by atoms with E-state index in [1.807, 2.05) is 24.3 Å². The summed E-state index contributed by atoms with van der Waals surface area (Å²) in [6.07, 6.45) is 1.67. The van der Waals surface area contributed by atoms with Crippen LogP contribution in [0, 0.1) is 0 Å². The Kier molecular flexibility index (Phi) is 4.37. The maximum atomic E-state index is 12.6. The molecule has 0 spiro atoms. The van der Waals surface area contributed by atoms with Gasteiger partial charge in [0.15, 0.2) is 5.82 Å². The van der Waals surface area contributed by atoms with Crippen LogP contribution in [0.1, 0.15) is 5.56 Å². The minimum Gasteiger partial charge on any atom is -0.266 e. The lowest BCUT2D eigenvalue weighted by molar-refractivity contribution is 0.936. The standard InChI is InChI=1S/C17H8BrCl2N3OS/c18-11-5-2-1-4-9(11)15-21-17-23(22-15)16(24)14(25-17)8-10-12(19)6-3-7-13(10)20/h1-8H. The molecular formula is C17H8BrCl2N3OS. The van der Waals surface area contributed by atoms with Gasteiger partial charge in [0.2, 0.25) is 4.96 Å². The summed E-state index contributed by atoms with van der Waals surface area (Å²) in [4.78, 5) is 17.6. The summed E-state index contributed by atoms with van der Waals surface area (Å²) in [7, 11) is 0. The quantitative estimate of drug-likeness (QED) is 0.451. The molecule has 4 nitrogen and oxygen atoms in total. The van der Waals surface area contributed by atoms with Crippen LogP contribution < -0.4 is 10.1 Å². The molecule has 2 aromatic heterocycles. The third-order valence-electron chi connectivity index (χ3n) is 3.57. The molecule has 0 N–H and O–H groups in total. The number of benzene rings is 2. The second kappa shape index (κ2) is 6.53. The van der Waals surface area contributed by atoms with Crippen LogP contribution in [-0.2, 0) is 0 Å². The molecule has 0 aliphatic rings. The van der Waals surface area contributed by atoms with Crippen molar-refractivity contribution in [1.29, 1.82) is 0 Å². The topological polar surface area (TPSA) is 47.3 Å². The molecule has 0 fully saturated rings. The van der Waals surface area contributed by atoms with Gasteiger partial charge in [0.05, 0.1) is 4.53 Å². The summed E-state index contributed by atoms with van der Waals surface area (Å²) in [5.41, 5.74) is 1.19. The smallest absolute Gasteiger partial charge is 0.266 e.